The summed E-state index contributed by atoms with van der Waals surface area (Å²) in [6.07, 6.45) is 0.384. The molecule has 1 aliphatic rings. The Labute approximate surface area is 54.5 Å². The molecule has 0 aliphatic carbocycles. The molecule has 1 aliphatic heterocycles. The van der Waals surface area contributed by atoms with Crippen LogP contribution in [0.3, 0.4) is 0 Å². The zero-order valence-corrected chi connectivity index (χ0v) is 5.55. The van der Waals surface area contributed by atoms with E-state index in [4.69, 9.17) is 0 Å². The normalized spacial score (nSPS) is 27.7. The zero-order chi connectivity index (χ0) is 7.02. The number of amides is 2. The van der Waals surface area contributed by atoms with E-state index in [-0.39, 0.29) is 17.7 Å². The quantitative estimate of drug-likeness (QED) is 0.305. The molecule has 1 fully saturated rings. The van der Waals surface area contributed by atoms with Crippen molar-refractivity contribution in [3.05, 3.63) is 0 Å². The first-order valence-electron chi connectivity index (χ1n) is 2.93. The molecule has 0 aromatic heterocycles. The van der Waals surface area contributed by atoms with Crippen LogP contribution in [-0.4, -0.2) is 24.6 Å². The number of hydrogen-bond donors (Lipinski definition) is 0. The second-order valence-corrected chi connectivity index (χ2v) is 2.40. The Kier molecular flexibility index (Phi) is 1.31. The Morgan fingerprint density at radius 2 is 2.22 bits per heavy atom. The van der Waals surface area contributed by atoms with Crippen molar-refractivity contribution >= 4 is 19.8 Å². The highest BCUT2D eigenvalue weighted by Crippen LogP contribution is 2.15. The highest BCUT2D eigenvalue weighted by molar-refractivity contribution is 6.27. The predicted molar refractivity (Wildman–Crippen MR) is 34.2 cm³/mol. The third-order valence-electron chi connectivity index (χ3n) is 1.61. The average Bonchev–Trinajstić information content (AvgIpc) is 1.98. The van der Waals surface area contributed by atoms with Crippen LogP contribution in [0, 0.1) is 5.92 Å². The number of rotatable bonds is 0. The molecule has 9 heavy (non-hydrogen) atoms. The molecule has 48 valence electrons. The summed E-state index contributed by atoms with van der Waals surface area (Å²) in [5, 5.41) is 0. The van der Waals surface area contributed by atoms with Crippen molar-refractivity contribution in [2.24, 2.45) is 5.92 Å². The molecule has 0 radical (unpaired) electrons. The van der Waals surface area contributed by atoms with Crippen LogP contribution in [0.15, 0.2) is 0 Å². The topological polar surface area (TPSA) is 37.4 Å². The summed E-state index contributed by atoms with van der Waals surface area (Å²) in [5.41, 5.74) is 0. The summed E-state index contributed by atoms with van der Waals surface area (Å²) in [6.45, 7) is 1.77. The van der Waals surface area contributed by atoms with Crippen LogP contribution < -0.4 is 0 Å². The first kappa shape index (κ1) is 6.33. The van der Waals surface area contributed by atoms with Gasteiger partial charge in [-0.2, -0.15) is 0 Å². The van der Waals surface area contributed by atoms with Crippen molar-refractivity contribution in [3.63, 3.8) is 0 Å². The van der Waals surface area contributed by atoms with E-state index in [2.05, 4.69) is 0 Å². The van der Waals surface area contributed by atoms with E-state index in [0.717, 1.165) is 0 Å². The molecule has 3 nitrogen and oxygen atoms in total. The summed E-state index contributed by atoms with van der Waals surface area (Å²) in [7, 11) is 1.52. The number of nitrogens with zero attached hydrogens (tertiary/aromatic N) is 1. The fourth-order valence-corrected chi connectivity index (χ4v) is 0.940. The third-order valence-corrected chi connectivity index (χ3v) is 1.61. The van der Waals surface area contributed by atoms with Crippen molar-refractivity contribution in [1.29, 1.82) is 0 Å². The minimum Gasteiger partial charge on any atom is -0.336 e. The van der Waals surface area contributed by atoms with Gasteiger partial charge in [0.15, 0.2) is 0 Å². The molecule has 0 aromatic rings. The second-order valence-electron chi connectivity index (χ2n) is 2.40. The third kappa shape index (κ3) is 0.844. The van der Waals surface area contributed by atoms with Crippen molar-refractivity contribution in [2.75, 3.05) is 0 Å². The first-order chi connectivity index (χ1) is 4.13. The molecule has 0 N–H and O–H groups in total. The lowest BCUT2D eigenvalue weighted by Gasteiger charge is -2.03. The van der Waals surface area contributed by atoms with Gasteiger partial charge in [-0.1, -0.05) is 6.92 Å². The molecule has 1 atom stereocenters. The van der Waals surface area contributed by atoms with Gasteiger partial charge in [0.25, 0.3) is 0 Å². The van der Waals surface area contributed by atoms with E-state index in [0.29, 0.717) is 6.42 Å². The molecule has 0 aromatic carbocycles. The van der Waals surface area contributed by atoms with Crippen LogP contribution in [-0.2, 0) is 9.59 Å². The van der Waals surface area contributed by atoms with Crippen molar-refractivity contribution in [1.82, 2.24) is 4.81 Å². The summed E-state index contributed by atoms with van der Waals surface area (Å²) in [4.78, 5) is 22.7. The fraction of sp³-hybridized carbons (Fsp3) is 0.600. The van der Waals surface area contributed by atoms with Gasteiger partial charge in [-0.3, -0.25) is 9.59 Å². The molecule has 1 saturated heterocycles. The molecular weight excluding hydrogens is 117 g/mol. The van der Waals surface area contributed by atoms with Gasteiger partial charge < -0.3 is 4.81 Å². The van der Waals surface area contributed by atoms with E-state index in [1.165, 1.54) is 12.8 Å². The molecule has 2 amide bonds. The molecular formula is C5H8BNO2. The number of carbonyl (C=O) groups is 2. The summed E-state index contributed by atoms with van der Waals surface area (Å²) in [6, 6.07) is 0. The van der Waals surface area contributed by atoms with Crippen molar-refractivity contribution < 1.29 is 9.59 Å². The lowest BCUT2D eigenvalue weighted by molar-refractivity contribution is -0.133. The Hall–Kier alpha value is -0.795. The van der Waals surface area contributed by atoms with Gasteiger partial charge in [0, 0.05) is 12.3 Å². The summed E-state index contributed by atoms with van der Waals surface area (Å²) < 4.78 is 0. The monoisotopic (exact) mass is 125 g/mol. The Morgan fingerprint density at radius 1 is 1.67 bits per heavy atom. The van der Waals surface area contributed by atoms with Crippen LogP contribution >= 0.6 is 0 Å². The van der Waals surface area contributed by atoms with Crippen LogP contribution in [0.4, 0.5) is 0 Å². The maximum Gasteiger partial charge on any atom is 0.231 e. The van der Waals surface area contributed by atoms with Crippen LogP contribution in [0.25, 0.3) is 0 Å². The van der Waals surface area contributed by atoms with Gasteiger partial charge in [-0.15, -0.1) is 0 Å². The van der Waals surface area contributed by atoms with Crippen LogP contribution in [0.1, 0.15) is 13.3 Å². The van der Waals surface area contributed by atoms with Crippen LogP contribution in [0.5, 0.6) is 0 Å². The highest BCUT2D eigenvalue weighted by Gasteiger charge is 2.31. The Bertz CT molecular complexity index is 168. The van der Waals surface area contributed by atoms with E-state index in [1.807, 2.05) is 0 Å². The molecule has 0 spiro atoms. The van der Waals surface area contributed by atoms with E-state index in [1.54, 1.807) is 6.92 Å². The van der Waals surface area contributed by atoms with Gasteiger partial charge >= 0.3 is 0 Å². The average molecular weight is 125 g/mol. The SMILES string of the molecule is BN1C(=O)CC(C)C1=O. The van der Waals surface area contributed by atoms with Gasteiger partial charge in [-0.05, 0) is 0 Å². The lowest BCUT2D eigenvalue weighted by atomic mass is 10.1. The molecule has 1 heterocycles. The maximum atomic E-state index is 10.8. The lowest BCUT2D eigenvalue weighted by Crippen LogP contribution is -2.26. The van der Waals surface area contributed by atoms with Crippen molar-refractivity contribution in [3.8, 4) is 0 Å². The first-order valence-corrected chi connectivity index (χ1v) is 2.93. The number of imide groups is 1. The minimum atomic E-state index is -0.0949. The van der Waals surface area contributed by atoms with Gasteiger partial charge in [0.1, 0.15) is 0 Å². The molecule has 1 unspecified atom stereocenters. The number of hydrogen-bond acceptors (Lipinski definition) is 2. The fourth-order valence-electron chi connectivity index (χ4n) is 0.940. The maximum absolute atomic E-state index is 10.8. The Morgan fingerprint density at radius 3 is 2.33 bits per heavy atom. The molecule has 4 heteroatoms. The smallest absolute Gasteiger partial charge is 0.231 e. The number of carbonyl (C=O) groups excluding carboxylic acids is 2. The van der Waals surface area contributed by atoms with Gasteiger partial charge in [0.2, 0.25) is 19.8 Å². The predicted octanol–water partition coefficient (Wildman–Crippen LogP) is -1.07. The van der Waals surface area contributed by atoms with Gasteiger partial charge in [-0.25, -0.2) is 0 Å². The van der Waals surface area contributed by atoms with E-state index >= 15 is 0 Å². The molecule has 1 rings (SSSR count). The zero-order valence-electron chi connectivity index (χ0n) is 5.55. The molecule has 0 bridgehead atoms. The Balaban J connectivity index is 2.77. The standard InChI is InChI=1S/C5H8BNO2/c1-3-2-4(8)7(6)5(3)9/h3H,2,6H2,1H3. The van der Waals surface area contributed by atoms with Crippen molar-refractivity contribution in [2.45, 2.75) is 13.3 Å². The van der Waals surface area contributed by atoms with E-state index < -0.39 is 0 Å². The largest absolute Gasteiger partial charge is 0.336 e. The van der Waals surface area contributed by atoms with E-state index in [9.17, 15) is 9.59 Å². The summed E-state index contributed by atoms with van der Waals surface area (Å²) in [5.74, 6) is -0.213. The summed E-state index contributed by atoms with van der Waals surface area (Å²) >= 11 is 0. The van der Waals surface area contributed by atoms with Gasteiger partial charge in [0.05, 0.1) is 0 Å². The highest BCUT2D eigenvalue weighted by atomic mass is 16.2. The second kappa shape index (κ2) is 1.86. The van der Waals surface area contributed by atoms with Crippen LogP contribution in [0.2, 0.25) is 0 Å². The minimum absolute atomic E-state index is 0.0556. The molecule has 0 saturated carbocycles.